The monoisotopic (exact) mass is 197 g/mol. The standard InChI is InChI=1S/C9H11NO4/c1-2-7-8(10(12)13)6-14-9(7)4-3-5-11/h3-4,6,11H,2,5H2,1H3/b4-3-. The molecule has 0 unspecified atom stereocenters. The first-order valence-corrected chi connectivity index (χ1v) is 4.22. The van der Waals surface area contributed by atoms with Crippen LogP contribution >= 0.6 is 0 Å². The van der Waals surface area contributed by atoms with Crippen molar-refractivity contribution in [3.05, 3.63) is 33.8 Å². The second-order valence-corrected chi connectivity index (χ2v) is 2.66. The molecule has 0 spiro atoms. The molecule has 0 saturated heterocycles. The van der Waals surface area contributed by atoms with Crippen molar-refractivity contribution in [2.24, 2.45) is 0 Å². The molecule has 1 heterocycles. The van der Waals surface area contributed by atoms with Crippen LogP contribution in [0.15, 0.2) is 16.8 Å². The number of aliphatic hydroxyl groups excluding tert-OH is 1. The highest BCUT2D eigenvalue weighted by Gasteiger charge is 2.19. The number of hydrogen-bond acceptors (Lipinski definition) is 4. The van der Waals surface area contributed by atoms with Crippen molar-refractivity contribution < 1.29 is 14.4 Å². The first-order chi connectivity index (χ1) is 6.70. The molecule has 0 bridgehead atoms. The van der Waals surface area contributed by atoms with Crippen LogP contribution in [-0.2, 0) is 6.42 Å². The third kappa shape index (κ3) is 2.00. The Morgan fingerprint density at radius 2 is 2.43 bits per heavy atom. The Kier molecular flexibility index (Phi) is 3.41. The van der Waals surface area contributed by atoms with Gasteiger partial charge in [-0.15, -0.1) is 0 Å². The normalized spacial score (nSPS) is 11.0. The van der Waals surface area contributed by atoms with Gasteiger partial charge in [-0.3, -0.25) is 10.1 Å². The molecule has 5 heteroatoms. The summed E-state index contributed by atoms with van der Waals surface area (Å²) in [6.45, 7) is 1.70. The molecule has 0 saturated carbocycles. The van der Waals surface area contributed by atoms with E-state index in [0.717, 1.165) is 6.26 Å². The van der Waals surface area contributed by atoms with Gasteiger partial charge in [-0.25, -0.2) is 0 Å². The van der Waals surface area contributed by atoms with Gasteiger partial charge in [0.05, 0.1) is 17.1 Å². The molecular formula is C9H11NO4. The minimum Gasteiger partial charge on any atom is -0.457 e. The molecule has 1 aromatic heterocycles. The van der Waals surface area contributed by atoms with E-state index in [-0.39, 0.29) is 12.3 Å². The van der Waals surface area contributed by atoms with Crippen LogP contribution in [0.3, 0.4) is 0 Å². The molecule has 1 rings (SSSR count). The van der Waals surface area contributed by atoms with Crippen molar-refractivity contribution in [3.63, 3.8) is 0 Å². The number of nitrogens with zero attached hydrogens (tertiary/aromatic N) is 1. The summed E-state index contributed by atoms with van der Waals surface area (Å²) >= 11 is 0. The van der Waals surface area contributed by atoms with Crippen LogP contribution in [0, 0.1) is 10.1 Å². The summed E-state index contributed by atoms with van der Waals surface area (Å²) in [5.41, 5.74) is 0.546. The highest BCUT2D eigenvalue weighted by molar-refractivity contribution is 5.55. The summed E-state index contributed by atoms with van der Waals surface area (Å²) in [6, 6.07) is 0. The van der Waals surface area contributed by atoms with Gasteiger partial charge < -0.3 is 9.52 Å². The SMILES string of the molecule is CCc1c([N+](=O)[O-])coc1/C=C\CO. The smallest absolute Gasteiger partial charge is 0.310 e. The molecule has 1 aromatic rings. The molecule has 5 nitrogen and oxygen atoms in total. The largest absolute Gasteiger partial charge is 0.457 e. The lowest BCUT2D eigenvalue weighted by Gasteiger charge is -1.92. The van der Waals surface area contributed by atoms with Crippen LogP contribution in [-0.4, -0.2) is 16.6 Å². The average molecular weight is 197 g/mol. The first kappa shape index (κ1) is 10.5. The van der Waals surface area contributed by atoms with Crippen molar-refractivity contribution in [1.82, 2.24) is 0 Å². The predicted octanol–water partition coefficient (Wildman–Crippen LogP) is 1.76. The van der Waals surface area contributed by atoms with Gasteiger partial charge in [0.25, 0.3) is 0 Å². The van der Waals surface area contributed by atoms with Crippen LogP contribution in [0.4, 0.5) is 5.69 Å². The molecule has 0 aliphatic rings. The fraction of sp³-hybridized carbons (Fsp3) is 0.333. The minimum absolute atomic E-state index is 0.00918. The molecule has 0 aromatic carbocycles. The van der Waals surface area contributed by atoms with Gasteiger partial charge in [-0.2, -0.15) is 0 Å². The molecule has 0 amide bonds. The number of aliphatic hydroxyl groups is 1. The third-order valence-electron chi connectivity index (χ3n) is 1.83. The van der Waals surface area contributed by atoms with Crippen molar-refractivity contribution >= 4 is 11.8 Å². The highest BCUT2D eigenvalue weighted by Crippen LogP contribution is 2.25. The van der Waals surface area contributed by atoms with Gasteiger partial charge in [0.1, 0.15) is 5.76 Å². The van der Waals surface area contributed by atoms with Crippen molar-refractivity contribution in [2.75, 3.05) is 6.61 Å². The second-order valence-electron chi connectivity index (χ2n) is 2.66. The molecule has 0 radical (unpaired) electrons. The van der Waals surface area contributed by atoms with E-state index < -0.39 is 4.92 Å². The second kappa shape index (κ2) is 4.57. The van der Waals surface area contributed by atoms with Crippen LogP contribution in [0.2, 0.25) is 0 Å². The summed E-state index contributed by atoms with van der Waals surface area (Å²) in [5, 5.41) is 19.1. The predicted molar refractivity (Wildman–Crippen MR) is 50.9 cm³/mol. The maximum Gasteiger partial charge on any atom is 0.310 e. The number of rotatable bonds is 4. The van der Waals surface area contributed by atoms with Crippen LogP contribution in [0.1, 0.15) is 18.2 Å². The van der Waals surface area contributed by atoms with Gasteiger partial charge in [-0.05, 0) is 12.5 Å². The Morgan fingerprint density at radius 3 is 2.93 bits per heavy atom. The average Bonchev–Trinajstić information content (AvgIpc) is 2.57. The topological polar surface area (TPSA) is 76.5 Å². The fourth-order valence-corrected chi connectivity index (χ4v) is 1.20. The van der Waals surface area contributed by atoms with Gasteiger partial charge >= 0.3 is 5.69 Å². The quantitative estimate of drug-likeness (QED) is 0.589. The zero-order valence-corrected chi connectivity index (χ0v) is 7.77. The van der Waals surface area contributed by atoms with Gasteiger partial charge in [0, 0.05) is 0 Å². The van der Waals surface area contributed by atoms with E-state index in [2.05, 4.69) is 0 Å². The molecule has 76 valence electrons. The van der Waals surface area contributed by atoms with Gasteiger partial charge in [0.2, 0.25) is 0 Å². The van der Waals surface area contributed by atoms with Gasteiger partial charge in [-0.1, -0.05) is 13.0 Å². The first-order valence-electron chi connectivity index (χ1n) is 4.22. The molecule has 0 fully saturated rings. The zero-order valence-electron chi connectivity index (χ0n) is 7.77. The van der Waals surface area contributed by atoms with E-state index in [4.69, 9.17) is 9.52 Å². The summed E-state index contributed by atoms with van der Waals surface area (Å²) in [4.78, 5) is 10.1. The summed E-state index contributed by atoms with van der Waals surface area (Å²) < 4.78 is 5.01. The molecule has 0 aliphatic carbocycles. The lowest BCUT2D eigenvalue weighted by molar-refractivity contribution is -0.385. The summed E-state index contributed by atoms with van der Waals surface area (Å²) in [7, 11) is 0. The van der Waals surface area contributed by atoms with Crippen LogP contribution < -0.4 is 0 Å². The third-order valence-corrected chi connectivity index (χ3v) is 1.83. The molecule has 14 heavy (non-hydrogen) atoms. The van der Waals surface area contributed by atoms with Crippen molar-refractivity contribution in [1.29, 1.82) is 0 Å². The molecular weight excluding hydrogens is 186 g/mol. The molecule has 0 atom stereocenters. The molecule has 1 N–H and O–H groups in total. The van der Waals surface area contributed by atoms with Crippen molar-refractivity contribution in [2.45, 2.75) is 13.3 Å². The van der Waals surface area contributed by atoms with Crippen LogP contribution in [0.5, 0.6) is 0 Å². The summed E-state index contributed by atoms with van der Waals surface area (Å²) in [6.07, 6.45) is 4.65. The lowest BCUT2D eigenvalue weighted by atomic mass is 10.1. The van der Waals surface area contributed by atoms with E-state index in [1.54, 1.807) is 0 Å². The van der Waals surface area contributed by atoms with E-state index in [9.17, 15) is 10.1 Å². The maximum absolute atomic E-state index is 10.5. The maximum atomic E-state index is 10.5. The Bertz CT molecular complexity index is 354. The van der Waals surface area contributed by atoms with E-state index in [1.807, 2.05) is 6.92 Å². The highest BCUT2D eigenvalue weighted by atomic mass is 16.6. The number of hydrogen-bond donors (Lipinski definition) is 1. The summed E-state index contributed by atoms with van der Waals surface area (Å²) in [5.74, 6) is 0.438. The Hall–Kier alpha value is -1.62. The van der Waals surface area contributed by atoms with Crippen molar-refractivity contribution in [3.8, 4) is 0 Å². The zero-order chi connectivity index (χ0) is 10.6. The number of nitro groups is 1. The van der Waals surface area contributed by atoms with E-state index in [1.165, 1.54) is 12.2 Å². The van der Waals surface area contributed by atoms with E-state index >= 15 is 0 Å². The Labute approximate surface area is 80.8 Å². The Balaban J connectivity index is 3.07. The molecule has 0 aliphatic heterocycles. The van der Waals surface area contributed by atoms with Gasteiger partial charge in [0.15, 0.2) is 6.26 Å². The van der Waals surface area contributed by atoms with E-state index in [0.29, 0.717) is 17.7 Å². The lowest BCUT2D eigenvalue weighted by Crippen LogP contribution is -1.91. The van der Waals surface area contributed by atoms with Crippen LogP contribution in [0.25, 0.3) is 6.08 Å². The Morgan fingerprint density at radius 1 is 1.71 bits per heavy atom. The fourth-order valence-electron chi connectivity index (χ4n) is 1.20. The number of furan rings is 1. The minimum atomic E-state index is -0.474.